The molecule has 0 unspecified atom stereocenters. The van der Waals surface area contributed by atoms with Crippen LogP contribution in [0.4, 0.5) is 15.8 Å². The fraction of sp³-hybridized carbons (Fsp3) is 0.294. The number of hydrogen-bond donors (Lipinski definition) is 1. The first kappa shape index (κ1) is 14.4. The van der Waals surface area contributed by atoms with Crippen LogP contribution in [0.15, 0.2) is 42.5 Å². The molecule has 2 nitrogen and oxygen atoms in total. The van der Waals surface area contributed by atoms with Crippen molar-refractivity contribution in [3.05, 3.63) is 59.4 Å². The predicted molar refractivity (Wildman–Crippen MR) is 83.3 cm³/mol. The van der Waals surface area contributed by atoms with Crippen molar-refractivity contribution < 1.29 is 4.39 Å². The Labute approximate surface area is 120 Å². The molecule has 0 atom stereocenters. The van der Waals surface area contributed by atoms with Gasteiger partial charge < -0.3 is 10.6 Å². The standard InChI is InChI=1S/C17H21FN2/c1-3-9-20(17-6-4-5-16(19)11-17)12-14-7-8-15(18)10-13(14)2/h4-8,10-11H,3,9,12,19H2,1-2H3. The molecule has 106 valence electrons. The van der Waals surface area contributed by atoms with Gasteiger partial charge in [0.25, 0.3) is 0 Å². The maximum Gasteiger partial charge on any atom is 0.123 e. The van der Waals surface area contributed by atoms with Crippen LogP contribution in [0.5, 0.6) is 0 Å². The van der Waals surface area contributed by atoms with E-state index in [2.05, 4.69) is 17.9 Å². The van der Waals surface area contributed by atoms with Crippen LogP contribution in [0.25, 0.3) is 0 Å². The van der Waals surface area contributed by atoms with Crippen LogP contribution in [0, 0.1) is 12.7 Å². The molecule has 2 aromatic rings. The van der Waals surface area contributed by atoms with Gasteiger partial charge in [0.2, 0.25) is 0 Å². The van der Waals surface area contributed by atoms with Gasteiger partial charge in [-0.05, 0) is 54.8 Å². The van der Waals surface area contributed by atoms with E-state index in [0.29, 0.717) is 0 Å². The van der Waals surface area contributed by atoms with Crippen LogP contribution in [0.2, 0.25) is 0 Å². The molecular weight excluding hydrogens is 251 g/mol. The second-order valence-corrected chi connectivity index (χ2v) is 5.09. The quantitative estimate of drug-likeness (QED) is 0.829. The highest BCUT2D eigenvalue weighted by atomic mass is 19.1. The highest BCUT2D eigenvalue weighted by molar-refractivity contribution is 5.56. The molecule has 0 heterocycles. The molecule has 2 aromatic carbocycles. The van der Waals surface area contributed by atoms with Crippen LogP contribution in [-0.2, 0) is 6.54 Å². The lowest BCUT2D eigenvalue weighted by Gasteiger charge is -2.25. The van der Waals surface area contributed by atoms with E-state index in [4.69, 9.17) is 5.73 Å². The number of nitrogens with zero attached hydrogens (tertiary/aromatic N) is 1. The van der Waals surface area contributed by atoms with Crippen molar-refractivity contribution >= 4 is 11.4 Å². The second kappa shape index (κ2) is 6.42. The van der Waals surface area contributed by atoms with E-state index in [1.54, 1.807) is 6.07 Å². The van der Waals surface area contributed by atoms with Gasteiger partial charge in [-0.15, -0.1) is 0 Å². The summed E-state index contributed by atoms with van der Waals surface area (Å²) < 4.78 is 13.2. The van der Waals surface area contributed by atoms with E-state index in [9.17, 15) is 4.39 Å². The molecule has 20 heavy (non-hydrogen) atoms. The van der Waals surface area contributed by atoms with Crippen molar-refractivity contribution in [1.29, 1.82) is 0 Å². The fourth-order valence-corrected chi connectivity index (χ4v) is 2.33. The van der Waals surface area contributed by atoms with Gasteiger partial charge in [-0.25, -0.2) is 4.39 Å². The smallest absolute Gasteiger partial charge is 0.123 e. The van der Waals surface area contributed by atoms with Crippen molar-refractivity contribution in [2.75, 3.05) is 17.2 Å². The summed E-state index contributed by atoms with van der Waals surface area (Å²) in [5, 5.41) is 0. The Balaban J connectivity index is 2.25. The molecule has 0 amide bonds. The highest BCUT2D eigenvalue weighted by Crippen LogP contribution is 2.21. The molecular formula is C17H21FN2. The molecule has 0 fully saturated rings. The molecule has 0 saturated heterocycles. The van der Waals surface area contributed by atoms with Crippen molar-refractivity contribution in [1.82, 2.24) is 0 Å². The van der Waals surface area contributed by atoms with Crippen molar-refractivity contribution in [3.8, 4) is 0 Å². The molecule has 0 aliphatic carbocycles. The third-order valence-corrected chi connectivity index (χ3v) is 3.39. The normalized spacial score (nSPS) is 10.6. The van der Waals surface area contributed by atoms with Crippen molar-refractivity contribution in [2.45, 2.75) is 26.8 Å². The third-order valence-electron chi connectivity index (χ3n) is 3.39. The van der Waals surface area contributed by atoms with Gasteiger partial charge in [0.05, 0.1) is 0 Å². The number of anilines is 2. The first-order valence-electron chi connectivity index (χ1n) is 6.95. The summed E-state index contributed by atoms with van der Waals surface area (Å²) in [5.74, 6) is -0.183. The number of benzene rings is 2. The minimum Gasteiger partial charge on any atom is -0.399 e. The summed E-state index contributed by atoms with van der Waals surface area (Å²) in [5.41, 5.74) is 9.85. The molecule has 0 aliphatic heterocycles. The average Bonchev–Trinajstić information content (AvgIpc) is 2.41. The summed E-state index contributed by atoms with van der Waals surface area (Å²) in [7, 11) is 0. The van der Waals surface area contributed by atoms with E-state index >= 15 is 0 Å². The monoisotopic (exact) mass is 272 g/mol. The van der Waals surface area contributed by atoms with Gasteiger partial charge in [0, 0.05) is 24.5 Å². The molecule has 0 aromatic heterocycles. The zero-order valence-corrected chi connectivity index (χ0v) is 12.1. The van der Waals surface area contributed by atoms with Gasteiger partial charge in [0.1, 0.15) is 5.82 Å². The summed E-state index contributed by atoms with van der Waals surface area (Å²) in [6, 6.07) is 12.9. The van der Waals surface area contributed by atoms with Crippen molar-refractivity contribution in [2.24, 2.45) is 0 Å². The number of rotatable bonds is 5. The van der Waals surface area contributed by atoms with Crippen LogP contribution in [-0.4, -0.2) is 6.54 Å². The number of hydrogen-bond acceptors (Lipinski definition) is 2. The Bertz CT molecular complexity index is 581. The lowest BCUT2D eigenvalue weighted by atomic mass is 10.1. The van der Waals surface area contributed by atoms with Crippen molar-refractivity contribution in [3.63, 3.8) is 0 Å². The minimum atomic E-state index is -0.183. The zero-order chi connectivity index (χ0) is 14.5. The number of nitrogen functional groups attached to an aromatic ring is 1. The minimum absolute atomic E-state index is 0.183. The second-order valence-electron chi connectivity index (χ2n) is 5.09. The van der Waals surface area contributed by atoms with Crippen LogP contribution >= 0.6 is 0 Å². The summed E-state index contributed by atoms with van der Waals surface area (Å²) in [4.78, 5) is 2.27. The van der Waals surface area contributed by atoms with Gasteiger partial charge >= 0.3 is 0 Å². The Hall–Kier alpha value is -2.03. The van der Waals surface area contributed by atoms with Gasteiger partial charge in [-0.2, -0.15) is 0 Å². The summed E-state index contributed by atoms with van der Waals surface area (Å²) >= 11 is 0. The Morgan fingerprint density at radius 1 is 1.15 bits per heavy atom. The molecule has 3 heteroatoms. The molecule has 0 aliphatic rings. The van der Waals surface area contributed by atoms with E-state index in [-0.39, 0.29) is 5.82 Å². The van der Waals surface area contributed by atoms with E-state index in [1.807, 2.05) is 31.2 Å². The first-order valence-corrected chi connectivity index (χ1v) is 6.95. The third kappa shape index (κ3) is 3.50. The number of halogens is 1. The number of aryl methyl sites for hydroxylation is 1. The van der Waals surface area contributed by atoms with Gasteiger partial charge in [-0.1, -0.05) is 19.1 Å². The molecule has 2 N–H and O–H groups in total. The van der Waals surface area contributed by atoms with Crippen LogP contribution < -0.4 is 10.6 Å². The molecule has 0 saturated carbocycles. The topological polar surface area (TPSA) is 29.3 Å². The van der Waals surface area contributed by atoms with Gasteiger partial charge in [-0.3, -0.25) is 0 Å². The fourth-order valence-electron chi connectivity index (χ4n) is 2.33. The Morgan fingerprint density at radius 3 is 2.60 bits per heavy atom. The Kier molecular flexibility index (Phi) is 4.61. The highest BCUT2D eigenvalue weighted by Gasteiger charge is 2.09. The molecule has 0 radical (unpaired) electrons. The van der Waals surface area contributed by atoms with Crippen LogP contribution in [0.3, 0.4) is 0 Å². The molecule has 0 spiro atoms. The van der Waals surface area contributed by atoms with Crippen LogP contribution in [0.1, 0.15) is 24.5 Å². The van der Waals surface area contributed by atoms with E-state index in [0.717, 1.165) is 42.0 Å². The Morgan fingerprint density at radius 2 is 1.95 bits per heavy atom. The zero-order valence-electron chi connectivity index (χ0n) is 12.1. The number of nitrogens with two attached hydrogens (primary N) is 1. The average molecular weight is 272 g/mol. The first-order chi connectivity index (χ1) is 9.60. The SMILES string of the molecule is CCCN(Cc1ccc(F)cc1C)c1cccc(N)c1. The maximum atomic E-state index is 13.2. The van der Waals surface area contributed by atoms with E-state index < -0.39 is 0 Å². The molecule has 2 rings (SSSR count). The molecule has 0 bridgehead atoms. The predicted octanol–water partition coefficient (Wildman–Crippen LogP) is 4.13. The lowest BCUT2D eigenvalue weighted by molar-refractivity contribution is 0.625. The lowest BCUT2D eigenvalue weighted by Crippen LogP contribution is -2.24. The maximum absolute atomic E-state index is 13.2. The van der Waals surface area contributed by atoms with E-state index in [1.165, 1.54) is 6.07 Å². The van der Waals surface area contributed by atoms with Gasteiger partial charge in [0.15, 0.2) is 0 Å². The summed E-state index contributed by atoms with van der Waals surface area (Å²) in [6.45, 7) is 5.81. The largest absolute Gasteiger partial charge is 0.399 e. The summed E-state index contributed by atoms with van der Waals surface area (Å²) in [6.07, 6.45) is 1.05.